The van der Waals surface area contributed by atoms with Crippen LogP contribution in [0.1, 0.15) is 67.6 Å². The molecule has 196 valence electrons. The van der Waals surface area contributed by atoms with E-state index in [1.54, 1.807) is 0 Å². The minimum Gasteiger partial charge on any atom is -0.0842 e. The van der Waals surface area contributed by atoms with Crippen molar-refractivity contribution in [1.82, 2.24) is 0 Å². The first-order chi connectivity index (χ1) is 19.8. The molecule has 0 aliphatic heterocycles. The lowest BCUT2D eigenvalue weighted by molar-refractivity contribution is 0.572. The summed E-state index contributed by atoms with van der Waals surface area (Å²) in [5.74, 6) is 1.73. The Morgan fingerprint density at radius 1 is 0.650 bits per heavy atom. The van der Waals surface area contributed by atoms with Gasteiger partial charge >= 0.3 is 0 Å². The lowest BCUT2D eigenvalue weighted by Crippen LogP contribution is -2.36. The summed E-state index contributed by atoms with van der Waals surface area (Å²) in [5.41, 5.74) is 10.5. The van der Waals surface area contributed by atoms with E-state index >= 15 is 0 Å². The van der Waals surface area contributed by atoms with Gasteiger partial charge in [-0.3, -0.25) is 0 Å². The van der Waals surface area contributed by atoms with Crippen molar-refractivity contribution in [2.45, 2.75) is 50.9 Å². The summed E-state index contributed by atoms with van der Waals surface area (Å²) >= 11 is 0. The largest absolute Gasteiger partial charge is 0.0842 e. The zero-order chi connectivity index (χ0) is 26.5. The van der Waals surface area contributed by atoms with E-state index in [1.165, 1.54) is 85.9 Å². The van der Waals surface area contributed by atoms with Crippen molar-refractivity contribution in [1.29, 1.82) is 0 Å². The van der Waals surface area contributed by atoms with Crippen molar-refractivity contribution in [2.24, 2.45) is 11.8 Å². The standard InChI is InChI=1S/C40H36/c1-2-10-27(11-3-1)32-22-23-37-38(26-32)40(34-21-19-29-13-5-7-15-31(29)25-34)36-17-9-8-16-35(36)39(37)33-20-18-28-12-4-6-14-30(28)24-33/h1-6,8-11,13-14,16-17,19,21,23-24,26,28,31-32H,7,12,15,18,20,22,25H2. The summed E-state index contributed by atoms with van der Waals surface area (Å²) in [4.78, 5) is 0. The predicted octanol–water partition coefficient (Wildman–Crippen LogP) is 8.95. The third kappa shape index (κ3) is 4.05. The molecule has 0 saturated heterocycles. The Morgan fingerprint density at radius 2 is 1.48 bits per heavy atom. The molecule has 0 aromatic heterocycles. The molecule has 8 rings (SSSR count). The van der Waals surface area contributed by atoms with Gasteiger partial charge in [0.05, 0.1) is 0 Å². The van der Waals surface area contributed by atoms with Gasteiger partial charge in [0.1, 0.15) is 0 Å². The lowest BCUT2D eigenvalue weighted by atomic mass is 9.74. The quantitative estimate of drug-likeness (QED) is 0.326. The van der Waals surface area contributed by atoms with E-state index in [0.717, 1.165) is 19.3 Å². The number of rotatable bonds is 3. The minimum atomic E-state index is 0.408. The first kappa shape index (κ1) is 23.9. The number of hydrogen-bond acceptors (Lipinski definition) is 0. The van der Waals surface area contributed by atoms with E-state index in [1.807, 2.05) is 0 Å². The molecule has 0 amide bonds. The fourth-order valence-electron chi connectivity index (χ4n) is 7.89. The normalized spacial score (nSPS) is 24.9. The van der Waals surface area contributed by atoms with Crippen molar-refractivity contribution in [3.63, 3.8) is 0 Å². The second kappa shape index (κ2) is 9.93. The van der Waals surface area contributed by atoms with Gasteiger partial charge in [0.25, 0.3) is 0 Å². The molecule has 3 aromatic carbocycles. The molecular weight excluding hydrogens is 480 g/mol. The van der Waals surface area contributed by atoms with Gasteiger partial charge in [0.15, 0.2) is 0 Å². The third-order valence-corrected chi connectivity index (χ3v) is 9.93. The molecule has 0 bridgehead atoms. The van der Waals surface area contributed by atoms with Crippen LogP contribution in [0, 0.1) is 11.8 Å². The predicted molar refractivity (Wildman–Crippen MR) is 171 cm³/mol. The van der Waals surface area contributed by atoms with Crippen LogP contribution in [0.15, 0.2) is 114 Å². The van der Waals surface area contributed by atoms with E-state index in [0.29, 0.717) is 17.8 Å². The van der Waals surface area contributed by atoms with Crippen LogP contribution in [0.4, 0.5) is 0 Å². The molecule has 0 nitrogen and oxygen atoms in total. The lowest BCUT2D eigenvalue weighted by Gasteiger charge is -2.30. The topological polar surface area (TPSA) is 0 Å². The number of hydrogen-bond donors (Lipinski definition) is 0. The van der Waals surface area contributed by atoms with E-state index in [-0.39, 0.29) is 0 Å². The Bertz CT molecular complexity index is 1820. The second-order valence-corrected chi connectivity index (χ2v) is 12.2. The SMILES string of the molecule is C1=CCC2CCC(c3c4c(c(C5=CC=C6C=CCCC6C5)c5ccccc35)=CC(c3ccccc3)CC=4)=CC2=C1. The molecular formula is C40H36. The van der Waals surface area contributed by atoms with Crippen molar-refractivity contribution in [3.8, 4) is 0 Å². The highest BCUT2D eigenvalue weighted by Crippen LogP contribution is 2.41. The van der Waals surface area contributed by atoms with Gasteiger partial charge in [-0.05, 0) is 117 Å². The van der Waals surface area contributed by atoms with Gasteiger partial charge in [-0.1, -0.05) is 115 Å². The fourth-order valence-corrected chi connectivity index (χ4v) is 7.89. The van der Waals surface area contributed by atoms with Gasteiger partial charge in [0.2, 0.25) is 0 Å². The van der Waals surface area contributed by atoms with Crippen molar-refractivity contribution >= 4 is 34.1 Å². The zero-order valence-corrected chi connectivity index (χ0v) is 23.2. The molecule has 0 radical (unpaired) electrons. The summed E-state index contributed by atoms with van der Waals surface area (Å²) in [7, 11) is 0. The zero-order valence-electron chi connectivity index (χ0n) is 23.2. The summed E-state index contributed by atoms with van der Waals surface area (Å²) in [5, 5.41) is 5.78. The highest BCUT2D eigenvalue weighted by atomic mass is 14.3. The molecule has 0 N–H and O–H groups in total. The van der Waals surface area contributed by atoms with E-state index in [2.05, 4.69) is 115 Å². The van der Waals surface area contributed by atoms with Crippen molar-refractivity contribution < 1.29 is 0 Å². The Morgan fingerprint density at radius 3 is 2.35 bits per heavy atom. The van der Waals surface area contributed by atoms with Gasteiger partial charge < -0.3 is 0 Å². The Hall–Kier alpha value is -3.90. The highest BCUT2D eigenvalue weighted by molar-refractivity contribution is 6.02. The number of allylic oxidation sites excluding steroid dienone is 12. The van der Waals surface area contributed by atoms with E-state index in [4.69, 9.17) is 0 Å². The molecule has 0 heterocycles. The van der Waals surface area contributed by atoms with Crippen LogP contribution in [0.5, 0.6) is 0 Å². The van der Waals surface area contributed by atoms with Crippen LogP contribution in [0.3, 0.4) is 0 Å². The average Bonchev–Trinajstić information content (AvgIpc) is 3.03. The first-order valence-electron chi connectivity index (χ1n) is 15.3. The second-order valence-electron chi connectivity index (χ2n) is 12.2. The van der Waals surface area contributed by atoms with Crippen LogP contribution < -0.4 is 10.4 Å². The van der Waals surface area contributed by atoms with E-state index < -0.39 is 0 Å². The smallest absolute Gasteiger partial charge is 0.00622 e. The summed E-state index contributed by atoms with van der Waals surface area (Å²) in [6.07, 6.45) is 32.5. The summed E-state index contributed by atoms with van der Waals surface area (Å²) in [6, 6.07) is 20.4. The van der Waals surface area contributed by atoms with Crippen molar-refractivity contribution in [2.75, 3.05) is 0 Å². The van der Waals surface area contributed by atoms with Crippen molar-refractivity contribution in [3.05, 3.63) is 141 Å². The van der Waals surface area contributed by atoms with Crippen LogP contribution in [-0.4, -0.2) is 0 Å². The molecule has 3 aromatic rings. The maximum Gasteiger partial charge on any atom is 0.00622 e. The maximum atomic E-state index is 2.62. The van der Waals surface area contributed by atoms with Gasteiger partial charge in [0, 0.05) is 5.92 Å². The molecule has 0 heteroatoms. The Balaban J connectivity index is 1.41. The number of benzene rings is 3. The van der Waals surface area contributed by atoms with Crippen LogP contribution >= 0.6 is 0 Å². The van der Waals surface area contributed by atoms with Crippen LogP contribution in [-0.2, 0) is 0 Å². The monoisotopic (exact) mass is 516 g/mol. The van der Waals surface area contributed by atoms with E-state index in [9.17, 15) is 0 Å². The van der Waals surface area contributed by atoms with Gasteiger partial charge in [-0.2, -0.15) is 0 Å². The van der Waals surface area contributed by atoms with Gasteiger partial charge in [-0.15, -0.1) is 0 Å². The molecule has 0 spiro atoms. The summed E-state index contributed by atoms with van der Waals surface area (Å²) < 4.78 is 0. The molecule has 0 fully saturated rings. The Labute approximate surface area is 237 Å². The molecule has 40 heavy (non-hydrogen) atoms. The maximum absolute atomic E-state index is 2.62. The van der Waals surface area contributed by atoms with Crippen LogP contribution in [0.25, 0.3) is 34.1 Å². The molecule has 0 saturated carbocycles. The minimum absolute atomic E-state index is 0.408. The summed E-state index contributed by atoms with van der Waals surface area (Å²) in [6.45, 7) is 0. The molecule has 5 aliphatic carbocycles. The third-order valence-electron chi connectivity index (χ3n) is 9.93. The molecule has 5 aliphatic rings. The molecule has 3 atom stereocenters. The average molecular weight is 517 g/mol. The van der Waals surface area contributed by atoms with Gasteiger partial charge in [-0.25, -0.2) is 0 Å². The fraction of sp³-hybridized carbons (Fsp3) is 0.250. The Kier molecular flexibility index (Phi) is 5.95. The van der Waals surface area contributed by atoms with Crippen LogP contribution in [0.2, 0.25) is 0 Å². The number of fused-ring (bicyclic) bond motifs is 4. The molecule has 3 unspecified atom stereocenters. The highest BCUT2D eigenvalue weighted by Gasteiger charge is 2.27. The first-order valence-corrected chi connectivity index (χ1v) is 15.3.